The predicted octanol–water partition coefficient (Wildman–Crippen LogP) is 4.53. The molecule has 1 aromatic heterocycles. The summed E-state index contributed by atoms with van der Waals surface area (Å²) in [4.78, 5) is 27.0. The van der Waals surface area contributed by atoms with Crippen LogP contribution in [-0.4, -0.2) is 67.8 Å². The maximum atomic E-state index is 13.5. The zero-order valence-electron chi connectivity index (χ0n) is 23.8. The molecular weight excluding hydrogens is 510 g/mol. The van der Waals surface area contributed by atoms with Crippen LogP contribution in [0.1, 0.15) is 44.6 Å². The first-order valence-corrected chi connectivity index (χ1v) is 13.6. The van der Waals surface area contributed by atoms with Crippen LogP contribution in [-0.2, 0) is 4.79 Å². The number of carbonyl (C=O) groups is 1. The minimum absolute atomic E-state index is 0.0613. The molecule has 10 heteroatoms. The summed E-state index contributed by atoms with van der Waals surface area (Å²) in [6.07, 6.45) is 4.96. The van der Waals surface area contributed by atoms with Gasteiger partial charge in [-0.1, -0.05) is 32.1 Å². The van der Waals surface area contributed by atoms with Gasteiger partial charge in [0.15, 0.2) is 29.6 Å². The van der Waals surface area contributed by atoms with Crippen molar-refractivity contribution in [2.24, 2.45) is 0 Å². The molecule has 2 heterocycles. The molecule has 40 heavy (non-hydrogen) atoms. The number of carbonyl (C=O) groups excluding carboxylic acids is 1. The van der Waals surface area contributed by atoms with Crippen molar-refractivity contribution in [3.63, 3.8) is 0 Å². The number of benzene rings is 2. The molecular formula is C30H37N5O5. The van der Waals surface area contributed by atoms with Crippen molar-refractivity contribution in [3.05, 3.63) is 47.7 Å². The summed E-state index contributed by atoms with van der Waals surface area (Å²) in [5, 5.41) is 0.693. The van der Waals surface area contributed by atoms with Gasteiger partial charge in [-0.25, -0.2) is 4.98 Å². The third-order valence-electron chi connectivity index (χ3n) is 7.60. The second-order valence-electron chi connectivity index (χ2n) is 10.3. The van der Waals surface area contributed by atoms with Crippen LogP contribution in [0.5, 0.6) is 23.0 Å². The van der Waals surface area contributed by atoms with Gasteiger partial charge in [0, 0.05) is 35.8 Å². The summed E-state index contributed by atoms with van der Waals surface area (Å²) >= 11 is 0. The second-order valence-corrected chi connectivity index (χ2v) is 10.3. The number of para-hydroxylation sites is 1. The van der Waals surface area contributed by atoms with Crippen molar-refractivity contribution in [3.8, 4) is 23.0 Å². The zero-order chi connectivity index (χ0) is 28.4. The molecule has 1 fully saturated rings. The van der Waals surface area contributed by atoms with E-state index in [1.807, 2.05) is 29.2 Å². The van der Waals surface area contributed by atoms with E-state index in [2.05, 4.69) is 29.8 Å². The van der Waals surface area contributed by atoms with E-state index in [-0.39, 0.29) is 24.5 Å². The molecule has 1 atom stereocenters. The first-order chi connectivity index (χ1) is 19.4. The van der Waals surface area contributed by atoms with Gasteiger partial charge in [0.1, 0.15) is 5.82 Å². The molecule has 1 amide bonds. The number of nitrogen functional groups attached to an aromatic ring is 1. The van der Waals surface area contributed by atoms with Gasteiger partial charge >= 0.3 is 0 Å². The Bertz CT molecular complexity index is 1440. The first-order valence-electron chi connectivity index (χ1n) is 13.6. The van der Waals surface area contributed by atoms with E-state index >= 15 is 0 Å². The van der Waals surface area contributed by atoms with Crippen LogP contribution >= 0.6 is 0 Å². The lowest BCUT2D eigenvalue weighted by atomic mass is 9.94. The Morgan fingerprint density at radius 1 is 1.05 bits per heavy atom. The molecule has 2 aliphatic rings. The molecule has 0 radical (unpaired) electrons. The van der Waals surface area contributed by atoms with E-state index in [4.69, 9.17) is 29.7 Å². The topological polar surface area (TPSA) is 112 Å². The lowest BCUT2D eigenvalue weighted by molar-refractivity contribution is -0.135. The smallest absolute Gasteiger partial charge is 0.261 e. The molecule has 3 aromatic rings. The van der Waals surface area contributed by atoms with Gasteiger partial charge in [0.2, 0.25) is 5.95 Å². The van der Waals surface area contributed by atoms with Gasteiger partial charge in [-0.3, -0.25) is 4.79 Å². The fraction of sp³-hybridized carbons (Fsp3) is 0.433. The number of amides is 1. The van der Waals surface area contributed by atoms with Crippen molar-refractivity contribution in [2.75, 3.05) is 51.7 Å². The van der Waals surface area contributed by atoms with Gasteiger partial charge in [-0.05, 0) is 37.3 Å². The molecule has 1 aliphatic heterocycles. The van der Waals surface area contributed by atoms with Crippen LogP contribution in [0.4, 0.5) is 11.8 Å². The molecule has 1 aliphatic carbocycles. The molecule has 1 unspecified atom stereocenters. The average molecular weight is 548 g/mol. The monoisotopic (exact) mass is 547 g/mol. The van der Waals surface area contributed by atoms with Gasteiger partial charge in [-0.2, -0.15) is 4.98 Å². The maximum Gasteiger partial charge on any atom is 0.261 e. The summed E-state index contributed by atoms with van der Waals surface area (Å²) < 4.78 is 22.5. The van der Waals surface area contributed by atoms with E-state index in [0.29, 0.717) is 58.8 Å². The molecule has 5 rings (SSSR count). The maximum absolute atomic E-state index is 13.5. The number of piperazine rings is 1. The number of allylic oxidation sites excluding steroid dienone is 1. The molecule has 2 aromatic carbocycles. The quantitative estimate of drug-likeness (QED) is 0.435. The number of hydrogen-bond donors (Lipinski definition) is 1. The normalized spacial score (nSPS) is 16.9. The average Bonchev–Trinajstić information content (AvgIpc) is 2.98. The van der Waals surface area contributed by atoms with Crippen LogP contribution in [0.2, 0.25) is 0 Å². The van der Waals surface area contributed by atoms with Crippen molar-refractivity contribution < 1.29 is 23.7 Å². The van der Waals surface area contributed by atoms with E-state index in [1.54, 1.807) is 27.4 Å². The van der Waals surface area contributed by atoms with Crippen LogP contribution in [0.15, 0.2) is 42.1 Å². The highest BCUT2D eigenvalue weighted by molar-refractivity contribution is 5.92. The van der Waals surface area contributed by atoms with Crippen molar-refractivity contribution in [1.82, 2.24) is 14.9 Å². The molecule has 0 spiro atoms. The Morgan fingerprint density at radius 2 is 1.80 bits per heavy atom. The Kier molecular flexibility index (Phi) is 7.86. The number of nitrogens with two attached hydrogens (primary N) is 1. The number of rotatable bonds is 8. The van der Waals surface area contributed by atoms with Crippen molar-refractivity contribution in [2.45, 2.75) is 45.1 Å². The predicted molar refractivity (Wildman–Crippen MR) is 154 cm³/mol. The molecule has 10 nitrogen and oxygen atoms in total. The number of hydrogen-bond acceptors (Lipinski definition) is 9. The van der Waals surface area contributed by atoms with E-state index in [9.17, 15) is 4.79 Å². The summed E-state index contributed by atoms with van der Waals surface area (Å²) in [7, 11) is 4.78. The number of ether oxygens (including phenoxy) is 4. The van der Waals surface area contributed by atoms with Crippen LogP contribution in [0.3, 0.4) is 0 Å². The first kappa shape index (κ1) is 27.4. The molecule has 0 bridgehead atoms. The fourth-order valence-corrected chi connectivity index (χ4v) is 5.56. The van der Waals surface area contributed by atoms with Gasteiger partial charge < -0.3 is 34.5 Å². The van der Waals surface area contributed by atoms with E-state index in [0.717, 1.165) is 30.5 Å². The Hall–Kier alpha value is -4.21. The summed E-state index contributed by atoms with van der Waals surface area (Å²) in [6.45, 7) is 5.18. The molecule has 1 saturated heterocycles. The molecule has 0 saturated carbocycles. The highest BCUT2D eigenvalue weighted by Crippen LogP contribution is 2.38. The number of aromatic nitrogens is 2. The number of nitrogens with zero attached hydrogens (tertiary/aromatic N) is 4. The second kappa shape index (κ2) is 11.5. The molecule has 2 N–H and O–H groups in total. The fourth-order valence-electron chi connectivity index (χ4n) is 5.56. The van der Waals surface area contributed by atoms with Crippen molar-refractivity contribution in [1.29, 1.82) is 0 Å². The minimum atomic E-state index is -0.0910. The standard InChI is InChI=1S/C30H37N5O5/c1-18(2)19-9-8-12-24(37-3)28(19)40-17-27(36)34-13-14-35(23-11-7-6-10-22(23)34)30-32-21-16-26(39-5)25(38-4)15-20(21)29(31)33-30/h8-9,11-12,15-16,18,22H,6-7,10,13-14,17H2,1-5H3,(H2,31,32,33). The van der Waals surface area contributed by atoms with Crippen LogP contribution in [0, 0.1) is 0 Å². The highest BCUT2D eigenvalue weighted by atomic mass is 16.5. The Morgan fingerprint density at radius 3 is 2.52 bits per heavy atom. The number of fused-ring (bicyclic) bond motifs is 2. The summed E-state index contributed by atoms with van der Waals surface area (Å²) in [5.74, 6) is 3.42. The Labute approximate surface area is 234 Å². The van der Waals surface area contributed by atoms with Crippen LogP contribution in [0.25, 0.3) is 10.9 Å². The zero-order valence-corrected chi connectivity index (χ0v) is 23.8. The largest absolute Gasteiger partial charge is 0.493 e. The summed E-state index contributed by atoms with van der Waals surface area (Å²) in [6, 6.07) is 9.31. The van der Waals surface area contributed by atoms with Crippen LogP contribution < -0.4 is 29.6 Å². The minimum Gasteiger partial charge on any atom is -0.493 e. The number of anilines is 2. The SMILES string of the molecule is COc1cc2nc(N3CCN(C(=O)COc4c(OC)cccc4C(C)C)C4CCCC=C43)nc(N)c2cc1OC. The highest BCUT2D eigenvalue weighted by Gasteiger charge is 2.37. The Balaban J connectivity index is 1.39. The number of methoxy groups -OCH3 is 3. The van der Waals surface area contributed by atoms with E-state index < -0.39 is 0 Å². The van der Waals surface area contributed by atoms with Gasteiger partial charge in [0.25, 0.3) is 5.91 Å². The lowest BCUT2D eigenvalue weighted by Gasteiger charge is -2.45. The third kappa shape index (κ3) is 5.05. The van der Waals surface area contributed by atoms with Gasteiger partial charge in [0.05, 0.1) is 32.9 Å². The van der Waals surface area contributed by atoms with E-state index in [1.165, 1.54) is 0 Å². The lowest BCUT2D eigenvalue weighted by Crippen LogP contribution is -2.55. The molecule has 212 valence electrons. The van der Waals surface area contributed by atoms with Crippen molar-refractivity contribution >= 4 is 28.6 Å². The van der Waals surface area contributed by atoms with Gasteiger partial charge in [-0.15, -0.1) is 0 Å². The third-order valence-corrected chi connectivity index (χ3v) is 7.60. The summed E-state index contributed by atoms with van der Waals surface area (Å²) in [5.41, 5.74) is 9.08.